The van der Waals surface area contributed by atoms with E-state index in [-0.39, 0.29) is 22.4 Å². The van der Waals surface area contributed by atoms with E-state index in [0.29, 0.717) is 15.5 Å². The van der Waals surface area contributed by atoms with E-state index >= 15 is 0 Å². The van der Waals surface area contributed by atoms with Gasteiger partial charge in [-0.2, -0.15) is 0 Å². The van der Waals surface area contributed by atoms with E-state index < -0.39 is 39.7 Å². The van der Waals surface area contributed by atoms with Crippen molar-refractivity contribution in [1.29, 1.82) is 0 Å². The monoisotopic (exact) mass is 516 g/mol. The lowest BCUT2D eigenvalue weighted by Crippen LogP contribution is -2.80. The molecule has 2 aromatic heterocycles. The number of amides is 2. The summed E-state index contributed by atoms with van der Waals surface area (Å²) in [6.45, 7) is 0. The van der Waals surface area contributed by atoms with Gasteiger partial charge in [0.1, 0.15) is 16.8 Å². The Labute approximate surface area is 196 Å². The molecule has 11 nitrogen and oxygen atoms in total. The van der Waals surface area contributed by atoms with Gasteiger partial charge in [-0.05, 0) is 17.0 Å². The van der Waals surface area contributed by atoms with Gasteiger partial charge < -0.3 is 19.6 Å². The van der Waals surface area contributed by atoms with E-state index in [9.17, 15) is 23.7 Å². The number of aliphatic carboxylic acids is 1. The van der Waals surface area contributed by atoms with E-state index in [4.69, 9.17) is 9.15 Å². The second-order valence-electron chi connectivity index (χ2n) is 6.50. The van der Waals surface area contributed by atoms with Crippen molar-refractivity contribution in [2.45, 2.75) is 20.5 Å². The molecule has 2 aliphatic heterocycles. The maximum atomic E-state index is 13.0. The molecule has 1 unspecified atom stereocenters. The van der Waals surface area contributed by atoms with Gasteiger partial charge in [-0.25, -0.2) is 4.79 Å². The molecule has 0 radical (unpaired) electrons. The number of carboxylic acids is 1. The highest BCUT2D eigenvalue weighted by atomic mass is 32.2. The van der Waals surface area contributed by atoms with Crippen LogP contribution in [-0.4, -0.2) is 77.7 Å². The number of carbonyl (C=O) groups excluding carboxylic acids is 2. The molecule has 4 heterocycles. The molecule has 3 atom stereocenters. The molecule has 2 aromatic rings. The van der Waals surface area contributed by atoms with E-state index in [1.165, 1.54) is 36.6 Å². The fourth-order valence-electron chi connectivity index (χ4n) is 3.26. The number of methoxy groups -OCH3 is 1. The van der Waals surface area contributed by atoms with E-state index in [1.807, 2.05) is 0 Å². The van der Waals surface area contributed by atoms with Crippen LogP contribution in [0.15, 0.2) is 49.0 Å². The third-order valence-electron chi connectivity index (χ3n) is 4.65. The molecule has 170 valence electrons. The predicted octanol–water partition coefficient (Wildman–Crippen LogP) is 0.744. The number of nitrogens with one attached hydrogen (secondary N) is 1. The van der Waals surface area contributed by atoms with Crippen LogP contribution < -0.4 is 5.32 Å². The fraction of sp³-hybridized carbons (Fsp3) is 0.353. The maximum absolute atomic E-state index is 13.0. The molecule has 1 fully saturated rings. The summed E-state index contributed by atoms with van der Waals surface area (Å²) in [4.78, 5) is 38.7. The highest BCUT2D eigenvalue weighted by Gasteiger charge is 2.66. The summed E-state index contributed by atoms with van der Waals surface area (Å²) >= 11 is 3.69. The van der Waals surface area contributed by atoms with Crippen LogP contribution in [-0.2, 0) is 29.9 Å². The number of hydrogen-bond donors (Lipinski definition) is 2. The Bertz CT molecular complexity index is 1090. The summed E-state index contributed by atoms with van der Waals surface area (Å²) in [5, 5.41) is 20.9. The van der Waals surface area contributed by atoms with Gasteiger partial charge in [0.25, 0.3) is 16.9 Å². The number of hydrogen-bond acceptors (Lipinski definition) is 11. The van der Waals surface area contributed by atoms with Crippen molar-refractivity contribution in [1.82, 2.24) is 20.4 Å². The van der Waals surface area contributed by atoms with Crippen molar-refractivity contribution < 1.29 is 32.9 Å². The number of carbonyl (C=O) groups is 3. The van der Waals surface area contributed by atoms with Crippen molar-refractivity contribution in [3.63, 3.8) is 0 Å². The lowest BCUT2D eigenvalue weighted by Gasteiger charge is -2.55. The lowest BCUT2D eigenvalue weighted by atomic mass is 9.98. The maximum Gasteiger partial charge on any atom is 0.352 e. The van der Waals surface area contributed by atoms with Crippen LogP contribution in [0.2, 0.25) is 0 Å². The lowest BCUT2D eigenvalue weighted by molar-refractivity contribution is -0.192. The summed E-state index contributed by atoms with van der Waals surface area (Å²) in [6.07, 6.45) is 1.17. The van der Waals surface area contributed by atoms with Crippen LogP contribution in [0.1, 0.15) is 0 Å². The van der Waals surface area contributed by atoms with Crippen molar-refractivity contribution in [2.75, 3.05) is 24.4 Å². The first-order valence-electron chi connectivity index (χ1n) is 8.95. The molecule has 2 N–H and O–H groups in total. The minimum absolute atomic E-state index is 0.158. The summed E-state index contributed by atoms with van der Waals surface area (Å²) < 4.78 is 23.3. The number of carboxylic acid groups (broad SMARTS) is 1. The zero-order chi connectivity index (χ0) is 22.9. The third-order valence-corrected chi connectivity index (χ3v) is 9.56. The average molecular weight is 517 g/mol. The van der Waals surface area contributed by atoms with Gasteiger partial charge >= 0.3 is 5.97 Å². The smallest absolute Gasteiger partial charge is 0.352 e. The van der Waals surface area contributed by atoms with E-state index in [1.54, 1.807) is 17.5 Å². The van der Waals surface area contributed by atoms with Crippen molar-refractivity contribution in [2.24, 2.45) is 0 Å². The van der Waals surface area contributed by atoms with Crippen LogP contribution in [0.4, 0.5) is 0 Å². The number of β-lactam (4-membered cyclic amide) rings is 1. The number of nitrogens with zero attached hydrogens (tertiary/aromatic N) is 3. The topological polar surface area (TPSA) is 152 Å². The number of ether oxygens (including phenoxy) is 1. The first kappa shape index (κ1) is 23.0. The molecule has 4 rings (SSSR count). The van der Waals surface area contributed by atoms with E-state index in [2.05, 4.69) is 15.5 Å². The molecule has 0 spiro atoms. The first-order valence-corrected chi connectivity index (χ1v) is 13.2. The van der Waals surface area contributed by atoms with Gasteiger partial charge in [0.05, 0.1) is 15.0 Å². The molecule has 15 heteroatoms. The van der Waals surface area contributed by atoms with Crippen molar-refractivity contribution in [3.8, 4) is 0 Å². The van der Waals surface area contributed by atoms with Crippen molar-refractivity contribution in [3.05, 3.63) is 35.2 Å². The summed E-state index contributed by atoms with van der Waals surface area (Å²) in [6, 6.07) is 3.39. The molecule has 2 amide bonds. The van der Waals surface area contributed by atoms with Gasteiger partial charge in [-0.1, -0.05) is 17.8 Å². The Kier molecular flexibility index (Phi) is 6.71. The quantitative estimate of drug-likeness (QED) is 0.276. The van der Waals surface area contributed by atoms with Crippen LogP contribution in [0.25, 0.3) is 0 Å². The van der Waals surface area contributed by atoms with Crippen LogP contribution in [0, 0.1) is 0 Å². The van der Waals surface area contributed by atoms with Gasteiger partial charge in [-0.15, -0.1) is 33.3 Å². The highest BCUT2D eigenvalue weighted by Crippen LogP contribution is 2.47. The standard InChI is InChI=1S/C17H16N4O7S4/c1-27-17(19-10(22)7-32(26)11-3-2-4-29-11)14(25)21-12(13(23)24)9(5-30-15(17)21)6-31-16-20-18-8-28-16/h2-4,8,15H,5-7H2,1H3,(H,19,22)(H,23,24)/t15-,17-,32?/m0/s1. The van der Waals surface area contributed by atoms with Crippen LogP contribution >= 0.6 is 34.9 Å². The molecule has 1 saturated heterocycles. The number of aromatic nitrogens is 2. The minimum Gasteiger partial charge on any atom is -0.477 e. The number of thioether (sulfide) groups is 2. The molecule has 0 aromatic carbocycles. The minimum atomic E-state index is -1.73. The van der Waals surface area contributed by atoms with Gasteiger partial charge in [0.15, 0.2) is 0 Å². The van der Waals surface area contributed by atoms with Gasteiger partial charge in [-0.3, -0.25) is 18.7 Å². The number of fused-ring (bicyclic) bond motifs is 1. The average Bonchev–Trinajstić information content (AvgIpc) is 3.49. The number of thiophene rings is 1. The normalized spacial score (nSPS) is 23.5. The second kappa shape index (κ2) is 9.35. The summed E-state index contributed by atoms with van der Waals surface area (Å²) in [5.41, 5.74) is -1.38. The summed E-state index contributed by atoms with van der Waals surface area (Å²) in [5.74, 6) is -2.42. The van der Waals surface area contributed by atoms with Crippen LogP contribution in [0.3, 0.4) is 0 Å². The Balaban J connectivity index is 1.50. The first-order chi connectivity index (χ1) is 15.4. The molecule has 0 bridgehead atoms. The Hall–Kier alpha value is -2.20. The summed E-state index contributed by atoms with van der Waals surface area (Å²) in [7, 11) is -0.301. The third kappa shape index (κ3) is 4.10. The Morgan fingerprint density at radius 2 is 2.34 bits per heavy atom. The molecule has 32 heavy (non-hydrogen) atoms. The number of rotatable bonds is 9. The zero-order valence-corrected chi connectivity index (χ0v) is 19.6. The Morgan fingerprint density at radius 3 is 2.97 bits per heavy atom. The molecule has 2 aliphatic rings. The van der Waals surface area contributed by atoms with Crippen LogP contribution in [0.5, 0.6) is 0 Å². The molecular formula is C17H16N4O7S4. The predicted molar refractivity (Wildman–Crippen MR) is 116 cm³/mol. The SMILES string of the molecule is CO[C@@]1(NC(=O)CS(=O)c2cccs2)C(=O)N2C(C(=O)O)=C(CSc3nnco3)CS[C@H]21. The highest BCUT2D eigenvalue weighted by molar-refractivity contribution is 8.01. The van der Waals surface area contributed by atoms with Gasteiger partial charge in [0.2, 0.25) is 12.3 Å². The van der Waals surface area contributed by atoms with Crippen molar-refractivity contribution >= 4 is 63.4 Å². The fourth-order valence-corrected chi connectivity index (χ4v) is 7.48. The molecule has 0 aliphatic carbocycles. The Morgan fingerprint density at radius 1 is 1.53 bits per heavy atom. The van der Waals surface area contributed by atoms with E-state index in [0.717, 1.165) is 16.7 Å². The molecule has 0 saturated carbocycles. The molecular weight excluding hydrogens is 500 g/mol. The van der Waals surface area contributed by atoms with Gasteiger partial charge in [0, 0.05) is 18.6 Å². The zero-order valence-electron chi connectivity index (χ0n) is 16.4. The second-order valence-corrected chi connectivity index (χ2v) is 11.1. The largest absolute Gasteiger partial charge is 0.477 e.